The summed E-state index contributed by atoms with van der Waals surface area (Å²) in [4.78, 5) is 19.7. The van der Waals surface area contributed by atoms with Gasteiger partial charge < -0.3 is 15.4 Å². The van der Waals surface area contributed by atoms with Gasteiger partial charge in [0.05, 0.1) is 6.42 Å². The summed E-state index contributed by atoms with van der Waals surface area (Å²) >= 11 is 9.56. The first kappa shape index (κ1) is 14.2. The molecule has 19 heavy (non-hydrogen) atoms. The predicted octanol–water partition coefficient (Wildman–Crippen LogP) is 3.16. The number of aromatic nitrogens is 2. The Hall–Kier alpha value is -1.25. The molecule has 3 N–H and O–H groups in total. The summed E-state index contributed by atoms with van der Waals surface area (Å²) in [5.74, 6) is -0.194. The topological polar surface area (TPSA) is 78.0 Å². The minimum Gasteiger partial charge on any atom is -0.504 e. The highest BCUT2D eigenvalue weighted by Crippen LogP contribution is 2.23. The Morgan fingerprint density at radius 3 is 3.00 bits per heavy atom. The number of nitrogens with one attached hydrogen (secondary N) is 2. The van der Waals surface area contributed by atoms with Gasteiger partial charge in [-0.1, -0.05) is 0 Å². The molecule has 0 fully saturated rings. The van der Waals surface area contributed by atoms with Gasteiger partial charge in [0.25, 0.3) is 0 Å². The van der Waals surface area contributed by atoms with Gasteiger partial charge in [-0.05, 0) is 47.2 Å². The number of pyridine rings is 1. The summed E-state index contributed by atoms with van der Waals surface area (Å²) in [6, 6.07) is 3.05. The quantitative estimate of drug-likeness (QED) is 0.580. The molecule has 0 aliphatic heterocycles. The molecule has 5 nitrogen and oxygen atoms in total. The van der Waals surface area contributed by atoms with Gasteiger partial charge in [0.15, 0.2) is 15.5 Å². The number of aromatic amines is 1. The molecule has 0 aromatic carbocycles. The van der Waals surface area contributed by atoms with Crippen LogP contribution in [0.4, 0.5) is 5.82 Å². The molecule has 0 saturated heterocycles. The minimum atomic E-state index is -0.255. The summed E-state index contributed by atoms with van der Waals surface area (Å²) in [6.07, 6.45) is 0.192. The highest BCUT2D eigenvalue weighted by atomic mass is 79.9. The molecule has 8 heteroatoms. The maximum absolute atomic E-state index is 11.9. The largest absolute Gasteiger partial charge is 0.504 e. The summed E-state index contributed by atoms with van der Waals surface area (Å²) in [5, 5.41) is 12.2. The van der Waals surface area contributed by atoms with Gasteiger partial charge in [0.1, 0.15) is 4.60 Å². The van der Waals surface area contributed by atoms with Gasteiger partial charge >= 0.3 is 0 Å². The molecule has 0 atom stereocenters. The average Bonchev–Trinajstić information content (AvgIpc) is 2.62. The molecule has 2 heterocycles. The van der Waals surface area contributed by atoms with Crippen molar-refractivity contribution >= 4 is 51.2 Å². The molecule has 2 rings (SSSR count). The summed E-state index contributed by atoms with van der Waals surface area (Å²) in [5.41, 5.74) is 0.886. The Balaban J connectivity index is 2.11. The molecule has 0 aliphatic rings. The molecular weight excluding hydrogens is 350 g/mol. The average molecular weight is 360 g/mol. The van der Waals surface area contributed by atoms with Gasteiger partial charge in [0.2, 0.25) is 5.91 Å². The first-order valence-electron chi connectivity index (χ1n) is 5.29. The van der Waals surface area contributed by atoms with E-state index in [1.165, 1.54) is 17.4 Å². The lowest BCUT2D eigenvalue weighted by Crippen LogP contribution is -2.15. The maximum Gasteiger partial charge on any atom is 0.230 e. The number of thiazole rings is 1. The fourth-order valence-corrected chi connectivity index (χ4v) is 3.05. The number of nitrogens with zero attached hydrogens (tertiary/aromatic N) is 1. The standard InChI is InChI=1S/C11H10BrN3O2S2/c1-5-7(19-11(18)13-5)4-9(17)15-10-6(16)2-3-8(12)14-10/h2-3,16H,4H2,1H3,(H,13,18)(H,14,15,17). The number of H-pyrrole nitrogens is 1. The number of aromatic hydroxyl groups is 1. The monoisotopic (exact) mass is 359 g/mol. The molecular formula is C11H10BrN3O2S2. The molecule has 0 aliphatic carbocycles. The van der Waals surface area contributed by atoms with Crippen molar-refractivity contribution in [2.75, 3.05) is 5.32 Å². The van der Waals surface area contributed by atoms with Crippen LogP contribution in [0.5, 0.6) is 5.75 Å². The molecule has 2 aromatic heterocycles. The molecule has 0 saturated carbocycles. The minimum absolute atomic E-state index is 0.0741. The smallest absolute Gasteiger partial charge is 0.230 e. The van der Waals surface area contributed by atoms with Crippen molar-refractivity contribution in [1.29, 1.82) is 0 Å². The van der Waals surface area contributed by atoms with E-state index >= 15 is 0 Å². The van der Waals surface area contributed by atoms with Crippen LogP contribution in [0.25, 0.3) is 0 Å². The van der Waals surface area contributed by atoms with Crippen LogP contribution in [0, 0.1) is 10.9 Å². The van der Waals surface area contributed by atoms with Crippen LogP contribution in [-0.2, 0) is 11.2 Å². The van der Waals surface area contributed by atoms with E-state index in [-0.39, 0.29) is 23.9 Å². The van der Waals surface area contributed by atoms with Crippen LogP contribution in [-0.4, -0.2) is 21.0 Å². The van der Waals surface area contributed by atoms with Crippen molar-refractivity contribution in [2.45, 2.75) is 13.3 Å². The van der Waals surface area contributed by atoms with E-state index in [1.807, 2.05) is 6.92 Å². The molecule has 0 radical (unpaired) electrons. The van der Waals surface area contributed by atoms with E-state index in [2.05, 4.69) is 31.2 Å². The number of hydrogen-bond donors (Lipinski definition) is 3. The lowest BCUT2D eigenvalue weighted by Gasteiger charge is -2.06. The summed E-state index contributed by atoms with van der Waals surface area (Å²) < 4.78 is 1.18. The second-order valence-corrected chi connectivity index (χ2v) is 6.37. The fourth-order valence-electron chi connectivity index (χ4n) is 1.45. The zero-order valence-corrected chi connectivity index (χ0v) is 13.1. The number of halogens is 1. The molecule has 2 aromatic rings. The zero-order chi connectivity index (χ0) is 14.0. The van der Waals surface area contributed by atoms with Gasteiger partial charge in [-0.25, -0.2) is 4.98 Å². The second-order valence-electron chi connectivity index (χ2n) is 3.79. The number of hydrogen-bond acceptors (Lipinski definition) is 5. The Labute approximate surface area is 126 Å². The van der Waals surface area contributed by atoms with Crippen LogP contribution >= 0.6 is 39.5 Å². The van der Waals surface area contributed by atoms with E-state index in [0.717, 1.165) is 10.6 Å². The number of amides is 1. The highest BCUT2D eigenvalue weighted by Gasteiger charge is 2.12. The maximum atomic E-state index is 11.9. The van der Waals surface area contributed by atoms with Crippen molar-refractivity contribution in [1.82, 2.24) is 9.97 Å². The molecule has 0 spiro atoms. The lowest BCUT2D eigenvalue weighted by molar-refractivity contribution is -0.115. The van der Waals surface area contributed by atoms with Crippen LogP contribution in [0.1, 0.15) is 10.6 Å². The first-order chi connectivity index (χ1) is 8.95. The number of rotatable bonds is 3. The first-order valence-corrected chi connectivity index (χ1v) is 7.31. The Morgan fingerprint density at radius 1 is 1.63 bits per heavy atom. The van der Waals surface area contributed by atoms with Gasteiger partial charge in [-0.15, -0.1) is 11.3 Å². The van der Waals surface area contributed by atoms with Crippen molar-refractivity contribution in [3.05, 3.63) is 31.3 Å². The number of carbonyl (C=O) groups is 1. The lowest BCUT2D eigenvalue weighted by atomic mass is 10.3. The third-order valence-electron chi connectivity index (χ3n) is 2.34. The SMILES string of the molecule is Cc1[nH]c(=S)sc1CC(=O)Nc1nc(Br)ccc1O. The predicted molar refractivity (Wildman–Crippen MR) is 80.2 cm³/mol. The normalized spacial score (nSPS) is 10.4. The Bertz CT molecular complexity index is 681. The van der Waals surface area contributed by atoms with Crippen LogP contribution < -0.4 is 5.32 Å². The third kappa shape index (κ3) is 3.62. The van der Waals surface area contributed by atoms with Crippen LogP contribution in [0.2, 0.25) is 0 Å². The van der Waals surface area contributed by atoms with E-state index in [9.17, 15) is 9.90 Å². The number of aryl methyl sites for hydroxylation is 1. The fraction of sp³-hybridized carbons (Fsp3) is 0.182. The van der Waals surface area contributed by atoms with Gasteiger partial charge in [-0.3, -0.25) is 4.79 Å². The molecule has 0 unspecified atom stereocenters. The van der Waals surface area contributed by atoms with Crippen LogP contribution in [0.3, 0.4) is 0 Å². The highest BCUT2D eigenvalue weighted by molar-refractivity contribution is 9.10. The van der Waals surface area contributed by atoms with Crippen molar-refractivity contribution in [3.63, 3.8) is 0 Å². The molecule has 0 bridgehead atoms. The van der Waals surface area contributed by atoms with Crippen molar-refractivity contribution < 1.29 is 9.90 Å². The third-order valence-corrected chi connectivity index (χ3v) is 4.12. The number of anilines is 1. The van der Waals surface area contributed by atoms with E-state index in [0.29, 0.717) is 8.56 Å². The van der Waals surface area contributed by atoms with Gasteiger partial charge in [-0.2, -0.15) is 0 Å². The summed E-state index contributed by atoms with van der Waals surface area (Å²) in [7, 11) is 0. The number of carbonyl (C=O) groups excluding carboxylic acids is 1. The van der Waals surface area contributed by atoms with Crippen molar-refractivity contribution in [3.8, 4) is 5.75 Å². The summed E-state index contributed by atoms with van der Waals surface area (Å²) in [6.45, 7) is 1.86. The second kappa shape index (κ2) is 5.81. The van der Waals surface area contributed by atoms with E-state index in [4.69, 9.17) is 12.2 Å². The van der Waals surface area contributed by atoms with E-state index in [1.54, 1.807) is 6.07 Å². The molecule has 100 valence electrons. The van der Waals surface area contributed by atoms with Crippen molar-refractivity contribution in [2.24, 2.45) is 0 Å². The molecule has 1 amide bonds. The van der Waals surface area contributed by atoms with Crippen LogP contribution in [0.15, 0.2) is 16.7 Å². The van der Waals surface area contributed by atoms with Gasteiger partial charge in [0, 0.05) is 10.6 Å². The Morgan fingerprint density at radius 2 is 2.37 bits per heavy atom. The Kier molecular flexibility index (Phi) is 4.33. The zero-order valence-electron chi connectivity index (χ0n) is 9.86. The van der Waals surface area contributed by atoms with E-state index < -0.39 is 0 Å².